The van der Waals surface area contributed by atoms with Crippen LogP contribution in [0, 0.1) is 0 Å². The van der Waals surface area contributed by atoms with Crippen molar-refractivity contribution in [1.29, 1.82) is 0 Å². The van der Waals surface area contributed by atoms with Crippen LogP contribution >= 0.6 is 56.9 Å². The van der Waals surface area contributed by atoms with Crippen LogP contribution in [0.1, 0.15) is 145 Å². The van der Waals surface area contributed by atoms with Crippen molar-refractivity contribution in [1.82, 2.24) is 41.7 Å². The summed E-state index contributed by atoms with van der Waals surface area (Å²) >= 11 is 10.7. The largest absolute Gasteiger partial charge is 0.450 e. The second kappa shape index (κ2) is 39.6. The van der Waals surface area contributed by atoms with Gasteiger partial charge in [-0.2, -0.15) is 0 Å². The van der Waals surface area contributed by atoms with Crippen molar-refractivity contribution in [3.8, 4) is 0 Å². The Bertz CT molecular complexity index is 2620. The summed E-state index contributed by atoms with van der Waals surface area (Å²) in [6.45, 7) is 19.3. The number of hydrogen-bond acceptors (Lipinski definition) is 20. The van der Waals surface area contributed by atoms with Crippen LogP contribution in [0.2, 0.25) is 0 Å². The number of nitrogens with zero attached hydrogens (tertiary/aromatic N) is 2. The van der Waals surface area contributed by atoms with Gasteiger partial charge < -0.3 is 72.1 Å². The molecule has 4 aromatic rings. The fourth-order valence-corrected chi connectivity index (χ4v) is 11.6. The van der Waals surface area contributed by atoms with Gasteiger partial charge in [-0.15, -0.1) is 45.3 Å². The Morgan fingerprint density at radius 1 is 0.523 bits per heavy atom. The van der Waals surface area contributed by atoms with Crippen LogP contribution in [-0.4, -0.2) is 170 Å². The summed E-state index contributed by atoms with van der Waals surface area (Å²) in [5, 5.41) is 24.0. The third-order valence-corrected chi connectivity index (χ3v) is 16.1. The third kappa shape index (κ3) is 29.0. The van der Waals surface area contributed by atoms with E-state index in [1.807, 2.05) is 78.4 Å². The van der Waals surface area contributed by atoms with E-state index < -0.39 is 23.4 Å². The second-order valence-corrected chi connectivity index (χ2v) is 25.6. The zero-order valence-electron chi connectivity index (χ0n) is 50.4. The number of ketones is 1. The highest BCUT2D eigenvalue weighted by atomic mass is 35.5. The summed E-state index contributed by atoms with van der Waals surface area (Å²) in [4.78, 5) is 108. The molecule has 0 aliphatic carbocycles. The van der Waals surface area contributed by atoms with E-state index in [-0.39, 0.29) is 53.0 Å². The standard InChI is InChI=1S/C17H25N3O3S.C12H18N2O3S.C10H15NO3.C7H16N2O2.C7H10N2OS.C5H3ClOS/c1-2-23-17(22)20-13-5-6-14(20)11-12(10-13)18-7-8-19-16(21)15-4-3-9-24-15;1-12(2,3)17-11(16)14-7-6-13-10(15)9-5-4-8-18-9;1-2-14-10(13)11-7-3-4-8(11)6-9(12)5-7;1-7(2,3)11-6(10)9-5-4-8;8-3-4-9-7(10)6-2-1-5-11-6;6-5(7)4-2-1-3-8-4/h3-4,9,12-14,18H,2,5-8,10-11H2,1H3,(H,19,21);4-5,8H,6-7H2,1-3H3,(H,13,15)(H,14,16);7-8H,2-6H2,1H3;4-5,8H2,1-3H3,(H,9,10);1-2,5H,3-4,8H2,(H,9,10);1-3H. The molecule has 0 saturated carbocycles. The van der Waals surface area contributed by atoms with Crippen molar-refractivity contribution in [3.05, 3.63) is 89.6 Å². The molecule has 8 heterocycles. The normalized spacial score (nSPS) is 17.8. The van der Waals surface area contributed by atoms with E-state index in [9.17, 15) is 43.2 Å². The zero-order valence-corrected chi connectivity index (χ0v) is 54.4. The number of nitrogens with two attached hydrogens (primary N) is 2. The molecule has 4 unspecified atom stereocenters. The maximum atomic E-state index is 12.1. The lowest BCUT2D eigenvalue weighted by Crippen LogP contribution is -2.52. The van der Waals surface area contributed by atoms with Crippen LogP contribution in [0.15, 0.2) is 70.1 Å². The van der Waals surface area contributed by atoms with E-state index in [1.54, 1.807) is 56.9 Å². The Labute approximate surface area is 525 Å². The van der Waals surface area contributed by atoms with Crippen LogP contribution < -0.4 is 43.4 Å². The maximum absolute atomic E-state index is 12.1. The minimum absolute atomic E-state index is 0.0102. The Balaban J connectivity index is 0.000000280. The molecule has 4 saturated heterocycles. The number of rotatable bonds is 17. The summed E-state index contributed by atoms with van der Waals surface area (Å²) in [5.74, 6) is 0.114. The van der Waals surface area contributed by atoms with Crippen LogP contribution in [0.5, 0.6) is 0 Å². The van der Waals surface area contributed by atoms with Crippen molar-refractivity contribution in [2.45, 2.75) is 148 Å². The number of carbonyl (C=O) groups excluding carboxylic acids is 9. The van der Waals surface area contributed by atoms with E-state index in [2.05, 4.69) is 31.9 Å². The monoisotopic (exact) mass is 1290 g/mol. The molecule has 4 atom stereocenters. The fraction of sp³-hybridized carbons (Fsp3) is 0.569. The van der Waals surface area contributed by atoms with Gasteiger partial charge in [0.15, 0.2) is 0 Å². The number of Topliss-reactive ketones (excluding diaryl/α,β-unsaturated/α-hetero) is 1. The highest BCUT2D eigenvalue weighted by Gasteiger charge is 2.45. The molecule has 4 aliphatic heterocycles. The number of ether oxygens (including phenoxy) is 4. The molecule has 0 radical (unpaired) electrons. The molecule has 7 amide bonds. The van der Waals surface area contributed by atoms with Crippen molar-refractivity contribution >= 4 is 110 Å². The molecule has 86 heavy (non-hydrogen) atoms. The topological polar surface area (TPSA) is 321 Å². The Hall–Kier alpha value is -6.20. The number of nitrogens with one attached hydrogen (secondary N) is 6. The van der Waals surface area contributed by atoms with Crippen molar-refractivity contribution < 1.29 is 62.1 Å². The smallest absolute Gasteiger partial charge is 0.410 e. The Kier molecular flexibility index (Phi) is 34.1. The molecule has 4 aliphatic rings. The van der Waals surface area contributed by atoms with Crippen LogP contribution in [-0.2, 0) is 23.7 Å². The van der Waals surface area contributed by atoms with Crippen LogP contribution in [0.3, 0.4) is 0 Å². The number of amides is 7. The highest BCUT2D eigenvalue weighted by molar-refractivity contribution is 7.14. The van der Waals surface area contributed by atoms with Crippen LogP contribution in [0.25, 0.3) is 0 Å². The average molecular weight is 1300 g/mol. The first-order valence-electron chi connectivity index (χ1n) is 28.6. The van der Waals surface area contributed by atoms with E-state index in [4.69, 9.17) is 42.0 Å². The van der Waals surface area contributed by atoms with Gasteiger partial charge >= 0.3 is 24.4 Å². The predicted octanol–water partition coefficient (Wildman–Crippen LogP) is 8.59. The summed E-state index contributed by atoms with van der Waals surface area (Å²) in [7, 11) is 0. The molecular formula is C58H87ClN10O13S4. The Morgan fingerprint density at radius 3 is 1.21 bits per heavy atom. The minimum atomic E-state index is -0.510. The second-order valence-electron chi connectivity index (χ2n) is 21.4. The van der Waals surface area contributed by atoms with Gasteiger partial charge in [0.25, 0.3) is 23.0 Å². The van der Waals surface area contributed by atoms with E-state index in [1.165, 1.54) is 45.3 Å². The molecule has 478 valence electrons. The minimum Gasteiger partial charge on any atom is -0.450 e. The lowest BCUT2D eigenvalue weighted by Gasteiger charge is -2.38. The fourth-order valence-electron chi connectivity index (χ4n) is 8.96. The molecule has 4 bridgehead atoms. The van der Waals surface area contributed by atoms with Gasteiger partial charge in [0.1, 0.15) is 17.0 Å². The van der Waals surface area contributed by atoms with E-state index in [0.717, 1.165) is 54.8 Å². The lowest BCUT2D eigenvalue weighted by atomic mass is 9.98. The van der Waals surface area contributed by atoms with Gasteiger partial charge in [0, 0.05) is 95.4 Å². The van der Waals surface area contributed by atoms with E-state index >= 15 is 0 Å². The number of alkyl carbamates (subject to hydrolysis) is 2. The van der Waals surface area contributed by atoms with Crippen LogP contribution in [0.4, 0.5) is 19.2 Å². The number of carbonyl (C=O) groups is 9. The molecule has 0 aromatic carbocycles. The molecule has 4 aromatic heterocycles. The van der Waals surface area contributed by atoms with Gasteiger partial charge in [-0.05, 0) is 151 Å². The number of fused-ring (bicyclic) bond motifs is 4. The Morgan fingerprint density at radius 2 is 0.860 bits per heavy atom. The third-order valence-electron chi connectivity index (χ3n) is 12.4. The summed E-state index contributed by atoms with van der Waals surface area (Å²) in [5.41, 5.74) is 9.45. The van der Waals surface area contributed by atoms with Gasteiger partial charge in [-0.1, -0.05) is 24.3 Å². The number of piperidine rings is 2. The number of thiophene rings is 4. The zero-order chi connectivity index (χ0) is 63.7. The van der Waals surface area contributed by atoms with Gasteiger partial charge in [0.2, 0.25) is 0 Å². The highest BCUT2D eigenvalue weighted by Crippen LogP contribution is 2.36. The molecular weight excluding hydrogens is 1210 g/mol. The first kappa shape index (κ1) is 74.1. The van der Waals surface area contributed by atoms with Crippen molar-refractivity contribution in [2.24, 2.45) is 11.5 Å². The van der Waals surface area contributed by atoms with E-state index in [0.29, 0.717) is 99.7 Å². The number of halogens is 1. The SMILES string of the molecule is CC(C)(C)OC(=O)NCCN.CC(C)(C)OC(=O)NCCNC(=O)c1cccs1.CCOC(=O)N1C2CCC1CC(=O)C2.CCOC(=O)N1C2CCC1CC(NCCNC(=O)c1cccs1)C2.NCCNC(=O)c1cccs1.O=C(Cl)c1cccs1. The van der Waals surface area contributed by atoms with Gasteiger partial charge in [-0.25, -0.2) is 19.2 Å². The molecule has 23 nitrogen and oxygen atoms in total. The molecule has 0 spiro atoms. The summed E-state index contributed by atoms with van der Waals surface area (Å²) < 4.78 is 20.1. The summed E-state index contributed by atoms with van der Waals surface area (Å²) in [6.07, 6.45) is 5.72. The average Bonchev–Trinajstić information content (AvgIpc) is 2.10. The molecule has 10 N–H and O–H groups in total. The van der Waals surface area contributed by atoms with Crippen molar-refractivity contribution in [2.75, 3.05) is 65.6 Å². The first-order chi connectivity index (χ1) is 40.9. The molecule has 28 heteroatoms. The quantitative estimate of drug-likeness (QED) is 0.0279. The predicted molar refractivity (Wildman–Crippen MR) is 338 cm³/mol. The first-order valence-corrected chi connectivity index (χ1v) is 32.5. The number of hydrogen-bond donors (Lipinski definition) is 8. The molecule has 4 fully saturated rings. The van der Waals surface area contributed by atoms with Gasteiger partial charge in [-0.3, -0.25) is 24.0 Å². The van der Waals surface area contributed by atoms with Crippen molar-refractivity contribution in [3.63, 3.8) is 0 Å². The lowest BCUT2D eigenvalue weighted by molar-refractivity contribution is -0.123. The molecule has 8 rings (SSSR count). The maximum Gasteiger partial charge on any atom is 0.410 e. The van der Waals surface area contributed by atoms with Gasteiger partial charge in [0.05, 0.1) is 32.7 Å². The summed E-state index contributed by atoms with van der Waals surface area (Å²) in [6, 6.07) is 15.6.